The van der Waals surface area contributed by atoms with Crippen LogP contribution < -0.4 is 10.6 Å². The summed E-state index contributed by atoms with van der Waals surface area (Å²) in [6.45, 7) is 0. The van der Waals surface area contributed by atoms with E-state index in [2.05, 4.69) is 59.8 Å². The van der Waals surface area contributed by atoms with Crippen molar-refractivity contribution in [2.45, 2.75) is 62.7 Å². The third-order valence-corrected chi connectivity index (χ3v) is 8.92. The van der Waals surface area contributed by atoms with Crippen LogP contribution in [-0.4, -0.2) is 42.0 Å². The number of piperidine rings is 2. The lowest BCUT2D eigenvalue weighted by Crippen LogP contribution is -2.29. The Balaban J connectivity index is 0.972. The van der Waals surface area contributed by atoms with Crippen molar-refractivity contribution >= 4 is 0 Å². The third-order valence-electron chi connectivity index (χ3n) is 8.92. The van der Waals surface area contributed by atoms with Crippen molar-refractivity contribution in [2.24, 2.45) is 11.8 Å². The number of nitrogens with one attached hydrogen (secondary N) is 4. The predicted octanol–water partition coefficient (Wildman–Crippen LogP) is 4.55. The molecular formula is C28H30N8. The molecule has 2 aliphatic heterocycles. The summed E-state index contributed by atoms with van der Waals surface area (Å²) in [5, 5.41) is 7.43. The van der Waals surface area contributed by atoms with Crippen molar-refractivity contribution in [1.82, 2.24) is 40.5 Å². The first-order valence-corrected chi connectivity index (χ1v) is 13.3. The zero-order chi connectivity index (χ0) is 23.6. The van der Waals surface area contributed by atoms with Gasteiger partial charge >= 0.3 is 0 Å². The first-order chi connectivity index (χ1) is 17.8. The van der Waals surface area contributed by atoms with Gasteiger partial charge in [0.15, 0.2) is 5.82 Å². The van der Waals surface area contributed by atoms with Crippen molar-refractivity contribution < 1.29 is 0 Å². The van der Waals surface area contributed by atoms with E-state index < -0.39 is 0 Å². The van der Waals surface area contributed by atoms with Crippen molar-refractivity contribution in [3.8, 4) is 33.9 Å². The molecule has 2 aliphatic carbocycles. The van der Waals surface area contributed by atoms with Crippen molar-refractivity contribution in [2.75, 3.05) is 0 Å². The quantitative estimate of drug-likeness (QED) is 0.335. The maximum atomic E-state index is 4.70. The number of imidazole rings is 2. The first-order valence-electron chi connectivity index (χ1n) is 13.3. The molecule has 5 heterocycles. The van der Waals surface area contributed by atoms with E-state index >= 15 is 0 Å². The molecule has 4 aromatic rings. The van der Waals surface area contributed by atoms with Gasteiger partial charge in [-0.15, -0.1) is 0 Å². The van der Waals surface area contributed by atoms with Gasteiger partial charge in [0, 0.05) is 35.6 Å². The molecule has 8 rings (SSSR count). The Hall–Kier alpha value is -3.36. The van der Waals surface area contributed by atoms with Crippen LogP contribution in [0.3, 0.4) is 0 Å². The van der Waals surface area contributed by atoms with E-state index in [1.54, 1.807) is 0 Å². The number of nitrogens with zero attached hydrogens (tertiary/aromatic N) is 4. The highest BCUT2D eigenvalue weighted by molar-refractivity contribution is 5.66. The van der Waals surface area contributed by atoms with E-state index in [9.17, 15) is 0 Å². The Morgan fingerprint density at radius 2 is 1.08 bits per heavy atom. The number of aromatic nitrogens is 6. The Labute approximate surface area is 209 Å². The van der Waals surface area contributed by atoms with E-state index in [1.165, 1.54) is 38.5 Å². The highest BCUT2D eigenvalue weighted by Crippen LogP contribution is 2.43. The van der Waals surface area contributed by atoms with Gasteiger partial charge in [0.25, 0.3) is 0 Å². The minimum atomic E-state index is 0.353. The lowest BCUT2D eigenvalue weighted by Gasteiger charge is -2.20. The fraction of sp³-hybridized carbons (Fsp3) is 0.429. The standard InChI is InChI=1S/C28H30N8/c1-3-16(4-2-15(1)22-13-31-27(35-22)24-17-5-7-20(9-17)33-24)26-29-11-19(12-30-26)23-14-32-28(36-23)25-18-6-8-21(10-18)34-25/h1-4,11-14,17-18,20-21,24-25,33-34H,5-10H2,(H,31,35)(H,32,36)/t17-,18-,20+,21+,24?,25-/m0/s1. The van der Waals surface area contributed by atoms with Crippen LogP contribution in [0.5, 0.6) is 0 Å². The fourth-order valence-electron chi connectivity index (χ4n) is 7.02. The summed E-state index contributed by atoms with van der Waals surface area (Å²) in [6, 6.07) is 10.5. The number of fused-ring (bicyclic) bond motifs is 4. The molecule has 6 atom stereocenters. The molecule has 4 N–H and O–H groups in total. The number of hydrogen-bond acceptors (Lipinski definition) is 6. The maximum absolute atomic E-state index is 4.70. The van der Waals surface area contributed by atoms with Crippen LogP contribution in [0.15, 0.2) is 49.1 Å². The number of aromatic amines is 2. The van der Waals surface area contributed by atoms with Gasteiger partial charge in [-0.05, 0) is 55.9 Å². The molecule has 4 fully saturated rings. The molecule has 8 nitrogen and oxygen atoms in total. The Morgan fingerprint density at radius 1 is 0.556 bits per heavy atom. The molecule has 0 spiro atoms. The maximum Gasteiger partial charge on any atom is 0.159 e. The highest BCUT2D eigenvalue weighted by atomic mass is 15.1. The third kappa shape index (κ3) is 3.43. The largest absolute Gasteiger partial charge is 0.341 e. The molecule has 4 aliphatic rings. The number of hydrogen-bond donors (Lipinski definition) is 4. The van der Waals surface area contributed by atoms with Gasteiger partial charge in [-0.1, -0.05) is 24.3 Å². The summed E-state index contributed by atoms with van der Waals surface area (Å²) in [5.41, 5.74) is 5.10. The van der Waals surface area contributed by atoms with Crippen LogP contribution >= 0.6 is 0 Å². The molecule has 8 heteroatoms. The van der Waals surface area contributed by atoms with Gasteiger partial charge in [0.1, 0.15) is 11.6 Å². The minimum absolute atomic E-state index is 0.353. The monoisotopic (exact) mass is 478 g/mol. The van der Waals surface area contributed by atoms with Crippen molar-refractivity contribution in [1.29, 1.82) is 0 Å². The highest BCUT2D eigenvalue weighted by Gasteiger charge is 2.42. The van der Waals surface area contributed by atoms with Crippen molar-refractivity contribution in [3.05, 3.63) is 60.7 Å². The SMILES string of the molecule is c1cc(-c2cnc(C3N[C@@H]4CC[C@H]3C4)[nH]2)ccc1-c1ncc(-c2cnc([C@H]3N[C@@H]4CC[C@H]3C4)[nH]2)cn1. The van der Waals surface area contributed by atoms with E-state index in [-0.39, 0.29) is 0 Å². The van der Waals surface area contributed by atoms with E-state index in [1.807, 2.05) is 24.8 Å². The summed E-state index contributed by atoms with van der Waals surface area (Å²) < 4.78 is 0. The molecule has 4 bridgehead atoms. The number of H-pyrrole nitrogens is 2. The Morgan fingerprint density at radius 3 is 1.58 bits per heavy atom. The molecule has 2 saturated carbocycles. The van der Waals surface area contributed by atoms with E-state index in [0.29, 0.717) is 30.1 Å². The Bertz CT molecular complexity index is 1280. The van der Waals surface area contributed by atoms with Gasteiger partial charge in [-0.3, -0.25) is 0 Å². The van der Waals surface area contributed by atoms with E-state index in [4.69, 9.17) is 4.98 Å². The lowest BCUT2D eigenvalue weighted by molar-refractivity contribution is 0.379. The second kappa shape index (κ2) is 8.08. The average molecular weight is 479 g/mol. The molecule has 1 aromatic carbocycles. The summed E-state index contributed by atoms with van der Waals surface area (Å²) >= 11 is 0. The number of rotatable bonds is 5. The van der Waals surface area contributed by atoms with Crippen LogP contribution in [-0.2, 0) is 0 Å². The molecule has 3 aromatic heterocycles. The van der Waals surface area contributed by atoms with Gasteiger partial charge in [-0.2, -0.15) is 0 Å². The molecular weight excluding hydrogens is 448 g/mol. The second-order valence-corrected chi connectivity index (χ2v) is 11.1. The van der Waals surface area contributed by atoms with Crippen LogP contribution in [0.1, 0.15) is 62.3 Å². The van der Waals surface area contributed by atoms with Gasteiger partial charge in [0.2, 0.25) is 0 Å². The zero-order valence-electron chi connectivity index (χ0n) is 20.1. The zero-order valence-corrected chi connectivity index (χ0v) is 20.1. The van der Waals surface area contributed by atoms with Crippen LogP contribution in [0.4, 0.5) is 0 Å². The second-order valence-electron chi connectivity index (χ2n) is 11.1. The minimum Gasteiger partial charge on any atom is -0.341 e. The first kappa shape index (κ1) is 20.8. The molecule has 0 radical (unpaired) electrons. The van der Waals surface area contributed by atoms with Crippen molar-refractivity contribution in [3.63, 3.8) is 0 Å². The fourth-order valence-corrected chi connectivity index (χ4v) is 7.02. The van der Waals surface area contributed by atoms with Gasteiger partial charge in [0.05, 0.1) is 35.9 Å². The lowest BCUT2D eigenvalue weighted by atomic mass is 10.00. The summed E-state index contributed by atoms with van der Waals surface area (Å²) in [6.07, 6.45) is 15.4. The normalized spacial score (nSPS) is 30.4. The molecule has 182 valence electrons. The molecule has 36 heavy (non-hydrogen) atoms. The van der Waals surface area contributed by atoms with Crippen LogP contribution in [0.2, 0.25) is 0 Å². The topological polar surface area (TPSA) is 107 Å². The smallest absolute Gasteiger partial charge is 0.159 e. The molecule has 0 amide bonds. The number of benzene rings is 1. The Kier molecular flexibility index (Phi) is 4.67. The van der Waals surface area contributed by atoms with Gasteiger partial charge in [-0.25, -0.2) is 19.9 Å². The summed E-state index contributed by atoms with van der Waals surface area (Å²) in [4.78, 5) is 25.7. The van der Waals surface area contributed by atoms with Crippen LogP contribution in [0, 0.1) is 11.8 Å². The van der Waals surface area contributed by atoms with Gasteiger partial charge < -0.3 is 20.6 Å². The van der Waals surface area contributed by atoms with Crippen LogP contribution in [0.25, 0.3) is 33.9 Å². The molecule has 1 unspecified atom stereocenters. The summed E-state index contributed by atoms with van der Waals surface area (Å²) in [7, 11) is 0. The van der Waals surface area contributed by atoms with E-state index in [0.717, 1.165) is 51.5 Å². The molecule has 2 saturated heterocycles. The predicted molar refractivity (Wildman–Crippen MR) is 137 cm³/mol. The summed E-state index contributed by atoms with van der Waals surface area (Å²) in [5.74, 6) is 4.25. The average Bonchev–Trinajstić information content (AvgIpc) is 3.76.